The van der Waals surface area contributed by atoms with Gasteiger partial charge in [-0.1, -0.05) is 26.7 Å². The van der Waals surface area contributed by atoms with E-state index in [1.54, 1.807) is 0 Å². The Morgan fingerprint density at radius 3 is 1.60 bits per heavy atom. The molecule has 0 aromatic heterocycles. The van der Waals surface area contributed by atoms with Crippen LogP contribution in [0.15, 0.2) is 0 Å². The van der Waals surface area contributed by atoms with E-state index >= 15 is 0 Å². The maximum Gasteiger partial charge on any atom is 0.0494 e. The second kappa shape index (κ2) is 5.34. The van der Waals surface area contributed by atoms with E-state index in [4.69, 9.17) is 4.74 Å². The molecule has 2 rings (SSSR count). The smallest absolute Gasteiger partial charge is 0.0494 e. The number of ether oxygens (including phenoxy) is 1. The van der Waals surface area contributed by atoms with Crippen molar-refractivity contribution in [2.45, 2.75) is 52.4 Å². The van der Waals surface area contributed by atoms with Gasteiger partial charge < -0.3 is 4.74 Å². The third-order valence-electron chi connectivity index (χ3n) is 4.31. The molecule has 0 radical (unpaired) electrons. The van der Waals surface area contributed by atoms with Crippen molar-refractivity contribution in [1.29, 1.82) is 0 Å². The first-order chi connectivity index (χ1) is 7.24. The van der Waals surface area contributed by atoms with Crippen LogP contribution in [0.3, 0.4) is 0 Å². The highest BCUT2D eigenvalue weighted by Gasteiger charge is 2.24. The zero-order valence-corrected chi connectivity index (χ0v) is 10.4. The van der Waals surface area contributed by atoms with Crippen LogP contribution in [0, 0.1) is 23.7 Å². The summed E-state index contributed by atoms with van der Waals surface area (Å²) >= 11 is 0. The predicted octanol–water partition coefficient (Wildman–Crippen LogP) is 3.88. The lowest BCUT2D eigenvalue weighted by atomic mass is 10.1. The van der Waals surface area contributed by atoms with Crippen LogP contribution in [0.25, 0.3) is 0 Å². The lowest BCUT2D eigenvalue weighted by Crippen LogP contribution is -2.12. The summed E-state index contributed by atoms with van der Waals surface area (Å²) in [5, 5.41) is 0. The molecule has 2 saturated carbocycles. The Kier molecular flexibility index (Phi) is 4.07. The summed E-state index contributed by atoms with van der Waals surface area (Å²) < 4.78 is 5.90. The molecule has 88 valence electrons. The summed E-state index contributed by atoms with van der Waals surface area (Å²) in [4.78, 5) is 0. The third-order valence-corrected chi connectivity index (χ3v) is 4.31. The van der Waals surface area contributed by atoms with Gasteiger partial charge in [-0.2, -0.15) is 0 Å². The molecule has 0 heterocycles. The van der Waals surface area contributed by atoms with E-state index in [0.717, 1.165) is 36.9 Å². The monoisotopic (exact) mass is 210 g/mol. The van der Waals surface area contributed by atoms with Crippen molar-refractivity contribution in [3.8, 4) is 0 Å². The molecule has 0 saturated heterocycles. The Hall–Kier alpha value is -0.0400. The molecule has 0 spiro atoms. The number of hydrogen-bond donors (Lipinski definition) is 0. The van der Waals surface area contributed by atoms with Crippen LogP contribution < -0.4 is 0 Å². The molecule has 0 aliphatic heterocycles. The van der Waals surface area contributed by atoms with Crippen LogP contribution in [0.4, 0.5) is 0 Å². The van der Waals surface area contributed by atoms with Crippen molar-refractivity contribution < 1.29 is 4.74 Å². The van der Waals surface area contributed by atoms with E-state index in [9.17, 15) is 0 Å². The molecule has 0 aromatic rings. The quantitative estimate of drug-likeness (QED) is 0.684. The molecule has 0 amide bonds. The lowest BCUT2D eigenvalue weighted by Gasteiger charge is -2.14. The van der Waals surface area contributed by atoms with E-state index < -0.39 is 0 Å². The molecule has 4 unspecified atom stereocenters. The van der Waals surface area contributed by atoms with Crippen molar-refractivity contribution in [3.05, 3.63) is 0 Å². The standard InChI is InChI=1S/C14H26O/c1-11-3-5-13(7-11)9-15-10-14-6-4-12(2)8-14/h11-14H,3-10H2,1-2H3. The van der Waals surface area contributed by atoms with E-state index in [0.29, 0.717) is 0 Å². The van der Waals surface area contributed by atoms with Crippen molar-refractivity contribution >= 4 is 0 Å². The minimum atomic E-state index is 0.874. The van der Waals surface area contributed by atoms with E-state index in [1.165, 1.54) is 38.5 Å². The molecule has 1 heteroatoms. The van der Waals surface area contributed by atoms with E-state index in [2.05, 4.69) is 13.8 Å². The van der Waals surface area contributed by atoms with E-state index in [1.807, 2.05) is 0 Å². The molecule has 0 bridgehead atoms. The van der Waals surface area contributed by atoms with Gasteiger partial charge in [-0.3, -0.25) is 0 Å². The van der Waals surface area contributed by atoms with Crippen molar-refractivity contribution in [2.24, 2.45) is 23.7 Å². The summed E-state index contributed by atoms with van der Waals surface area (Å²) in [6, 6.07) is 0. The van der Waals surface area contributed by atoms with Gasteiger partial charge in [0.05, 0.1) is 0 Å². The fourth-order valence-electron chi connectivity index (χ4n) is 3.35. The fraction of sp³-hybridized carbons (Fsp3) is 1.00. The average molecular weight is 210 g/mol. The summed E-state index contributed by atoms with van der Waals surface area (Å²) in [7, 11) is 0. The second-order valence-corrected chi connectivity index (χ2v) is 6.11. The normalized spacial score (nSPS) is 41.2. The third kappa shape index (κ3) is 3.48. The van der Waals surface area contributed by atoms with Gasteiger partial charge in [-0.25, -0.2) is 0 Å². The van der Waals surface area contributed by atoms with Gasteiger partial charge in [-0.15, -0.1) is 0 Å². The Bertz CT molecular complexity index is 170. The van der Waals surface area contributed by atoms with Gasteiger partial charge in [-0.05, 0) is 49.4 Å². The Labute approximate surface area is 94.6 Å². The predicted molar refractivity (Wildman–Crippen MR) is 63.8 cm³/mol. The summed E-state index contributed by atoms with van der Waals surface area (Å²) in [6.07, 6.45) is 8.47. The summed E-state index contributed by atoms with van der Waals surface area (Å²) in [5.41, 5.74) is 0. The SMILES string of the molecule is CC1CCC(COCC2CCC(C)C2)C1. The first-order valence-corrected chi connectivity index (χ1v) is 6.81. The topological polar surface area (TPSA) is 9.23 Å². The van der Waals surface area contributed by atoms with Gasteiger partial charge >= 0.3 is 0 Å². The first kappa shape index (κ1) is 11.4. The first-order valence-electron chi connectivity index (χ1n) is 6.81. The van der Waals surface area contributed by atoms with Gasteiger partial charge in [0.2, 0.25) is 0 Å². The van der Waals surface area contributed by atoms with Crippen molar-refractivity contribution in [3.63, 3.8) is 0 Å². The van der Waals surface area contributed by atoms with Crippen LogP contribution in [-0.4, -0.2) is 13.2 Å². The number of rotatable bonds is 4. The largest absolute Gasteiger partial charge is 0.381 e. The lowest BCUT2D eigenvalue weighted by molar-refractivity contribution is 0.0725. The molecular weight excluding hydrogens is 184 g/mol. The van der Waals surface area contributed by atoms with Gasteiger partial charge in [0.15, 0.2) is 0 Å². The maximum absolute atomic E-state index is 5.90. The second-order valence-electron chi connectivity index (χ2n) is 6.11. The zero-order valence-electron chi connectivity index (χ0n) is 10.4. The number of hydrogen-bond acceptors (Lipinski definition) is 1. The van der Waals surface area contributed by atoms with Gasteiger partial charge in [0, 0.05) is 13.2 Å². The molecular formula is C14H26O. The average Bonchev–Trinajstić information content (AvgIpc) is 2.76. The molecule has 2 aliphatic carbocycles. The van der Waals surface area contributed by atoms with Crippen molar-refractivity contribution in [1.82, 2.24) is 0 Å². The van der Waals surface area contributed by atoms with Crippen molar-refractivity contribution in [2.75, 3.05) is 13.2 Å². The van der Waals surface area contributed by atoms with Gasteiger partial charge in [0.1, 0.15) is 0 Å². The molecule has 0 N–H and O–H groups in total. The van der Waals surface area contributed by atoms with Crippen LogP contribution >= 0.6 is 0 Å². The van der Waals surface area contributed by atoms with E-state index in [-0.39, 0.29) is 0 Å². The highest BCUT2D eigenvalue weighted by molar-refractivity contribution is 4.74. The summed E-state index contributed by atoms with van der Waals surface area (Å²) in [6.45, 7) is 6.82. The molecule has 2 aliphatic rings. The molecule has 2 fully saturated rings. The Morgan fingerprint density at radius 1 is 0.800 bits per heavy atom. The highest BCUT2D eigenvalue weighted by Crippen LogP contribution is 2.32. The van der Waals surface area contributed by atoms with Gasteiger partial charge in [0.25, 0.3) is 0 Å². The maximum atomic E-state index is 5.90. The minimum Gasteiger partial charge on any atom is -0.381 e. The molecule has 1 nitrogen and oxygen atoms in total. The van der Waals surface area contributed by atoms with Crippen LogP contribution in [0.1, 0.15) is 52.4 Å². The fourth-order valence-corrected chi connectivity index (χ4v) is 3.35. The Balaban J connectivity index is 1.55. The van der Waals surface area contributed by atoms with Crippen LogP contribution in [0.2, 0.25) is 0 Å². The molecule has 15 heavy (non-hydrogen) atoms. The highest BCUT2D eigenvalue weighted by atomic mass is 16.5. The van der Waals surface area contributed by atoms with Crippen LogP contribution in [-0.2, 0) is 4.74 Å². The molecule has 0 aromatic carbocycles. The minimum absolute atomic E-state index is 0.874. The Morgan fingerprint density at radius 2 is 1.27 bits per heavy atom. The molecule has 4 atom stereocenters. The zero-order chi connectivity index (χ0) is 10.7. The van der Waals surface area contributed by atoms with Crippen LogP contribution in [0.5, 0.6) is 0 Å². The summed E-state index contributed by atoms with van der Waals surface area (Å²) in [5.74, 6) is 3.65.